The van der Waals surface area contributed by atoms with Gasteiger partial charge in [0.15, 0.2) is 0 Å². The number of rotatable bonds is 3. The van der Waals surface area contributed by atoms with Crippen LogP contribution in [0.3, 0.4) is 0 Å². The Hall–Kier alpha value is -3.35. The first-order valence-corrected chi connectivity index (χ1v) is 7.15. The molecule has 0 radical (unpaired) electrons. The number of benzene rings is 2. The molecule has 4 N–H and O–H groups in total. The molecule has 0 aliphatic heterocycles. The number of hydrogen-bond donors (Lipinski definition) is 4. The van der Waals surface area contributed by atoms with Crippen LogP contribution in [0.2, 0.25) is 0 Å². The highest BCUT2D eigenvalue weighted by Crippen LogP contribution is 2.23. The van der Waals surface area contributed by atoms with E-state index in [1.807, 2.05) is 0 Å². The first kappa shape index (κ1) is 17.0. The Bertz CT molecular complexity index is 802. The average Bonchev–Trinajstić information content (AvgIpc) is 2.49. The van der Waals surface area contributed by atoms with Crippen molar-refractivity contribution in [3.63, 3.8) is 0 Å². The van der Waals surface area contributed by atoms with Gasteiger partial charge in [-0.05, 0) is 42.8 Å². The Morgan fingerprint density at radius 2 is 1.50 bits per heavy atom. The van der Waals surface area contributed by atoms with E-state index in [0.29, 0.717) is 11.4 Å². The minimum absolute atomic E-state index is 0.121. The molecule has 2 rings (SSSR count). The third-order valence-electron chi connectivity index (χ3n) is 3.05. The normalized spacial score (nSPS) is 9.92. The fourth-order valence-electron chi connectivity index (χ4n) is 1.99. The molecule has 3 amide bonds. The van der Waals surface area contributed by atoms with Gasteiger partial charge < -0.3 is 21.1 Å². The van der Waals surface area contributed by atoms with E-state index in [2.05, 4.69) is 16.0 Å². The number of aryl methyl sites for hydroxylation is 1. The van der Waals surface area contributed by atoms with Crippen molar-refractivity contribution in [2.45, 2.75) is 13.8 Å². The summed E-state index contributed by atoms with van der Waals surface area (Å²) in [6.45, 7) is 3.16. The van der Waals surface area contributed by atoms with Gasteiger partial charge in [-0.1, -0.05) is 12.1 Å². The zero-order valence-corrected chi connectivity index (χ0v) is 13.2. The van der Waals surface area contributed by atoms with Crippen LogP contribution in [0.1, 0.15) is 12.5 Å². The standard InChI is InChI=1S/C17H17N3O4/c1-10-6-7-14(15(22)8-10)20-17(24)16(23)19-13-5-3-4-12(9-13)18-11(2)21/h3-9,22H,1-2H3,(H,18,21)(H,19,23)(H,20,24). The molecule has 0 spiro atoms. The number of aromatic hydroxyl groups is 1. The topological polar surface area (TPSA) is 108 Å². The zero-order chi connectivity index (χ0) is 17.7. The van der Waals surface area contributed by atoms with E-state index < -0.39 is 11.8 Å². The monoisotopic (exact) mass is 327 g/mol. The second kappa shape index (κ2) is 7.28. The number of nitrogens with one attached hydrogen (secondary N) is 3. The number of amides is 3. The number of carbonyl (C=O) groups is 3. The van der Waals surface area contributed by atoms with Gasteiger partial charge in [-0.2, -0.15) is 0 Å². The van der Waals surface area contributed by atoms with Crippen molar-refractivity contribution in [1.82, 2.24) is 0 Å². The van der Waals surface area contributed by atoms with Crippen LogP contribution in [0.4, 0.5) is 17.1 Å². The van der Waals surface area contributed by atoms with Crippen LogP contribution in [-0.2, 0) is 14.4 Å². The van der Waals surface area contributed by atoms with Gasteiger partial charge in [0.25, 0.3) is 0 Å². The smallest absolute Gasteiger partial charge is 0.314 e. The summed E-state index contributed by atoms with van der Waals surface area (Å²) in [4.78, 5) is 34.9. The van der Waals surface area contributed by atoms with E-state index in [4.69, 9.17) is 0 Å². The molecule has 7 heteroatoms. The average molecular weight is 327 g/mol. The maximum atomic E-state index is 11.9. The predicted molar refractivity (Wildman–Crippen MR) is 90.8 cm³/mol. The lowest BCUT2D eigenvalue weighted by Crippen LogP contribution is -2.29. The summed E-state index contributed by atoms with van der Waals surface area (Å²) in [6, 6.07) is 11.1. The molecular weight excluding hydrogens is 310 g/mol. The first-order chi connectivity index (χ1) is 11.3. The van der Waals surface area contributed by atoms with Gasteiger partial charge in [0.2, 0.25) is 5.91 Å². The van der Waals surface area contributed by atoms with E-state index in [-0.39, 0.29) is 17.3 Å². The fraction of sp³-hybridized carbons (Fsp3) is 0.118. The van der Waals surface area contributed by atoms with Gasteiger partial charge >= 0.3 is 11.8 Å². The van der Waals surface area contributed by atoms with Crippen molar-refractivity contribution in [2.24, 2.45) is 0 Å². The third-order valence-corrected chi connectivity index (χ3v) is 3.05. The number of phenolic OH excluding ortho intramolecular Hbond substituents is 1. The SMILES string of the molecule is CC(=O)Nc1cccc(NC(=O)C(=O)Nc2ccc(C)cc2O)c1. The summed E-state index contributed by atoms with van der Waals surface area (Å²) in [5.74, 6) is -2.18. The lowest BCUT2D eigenvalue weighted by Gasteiger charge is -2.09. The Kier molecular flexibility index (Phi) is 5.16. The first-order valence-electron chi connectivity index (χ1n) is 7.15. The van der Waals surface area contributed by atoms with Crippen molar-refractivity contribution in [3.8, 4) is 5.75 Å². The number of phenols is 1. The minimum Gasteiger partial charge on any atom is -0.506 e. The Morgan fingerprint density at radius 3 is 2.12 bits per heavy atom. The van der Waals surface area contributed by atoms with Gasteiger partial charge in [-0.15, -0.1) is 0 Å². The van der Waals surface area contributed by atoms with Crippen LogP contribution < -0.4 is 16.0 Å². The molecule has 0 aliphatic rings. The molecule has 124 valence electrons. The predicted octanol–water partition coefficient (Wildman–Crippen LogP) is 2.24. The van der Waals surface area contributed by atoms with Gasteiger partial charge in [0, 0.05) is 18.3 Å². The molecule has 7 nitrogen and oxygen atoms in total. The van der Waals surface area contributed by atoms with Crippen LogP contribution in [0, 0.1) is 6.92 Å². The second-order valence-electron chi connectivity index (χ2n) is 5.19. The van der Waals surface area contributed by atoms with Gasteiger partial charge in [-0.3, -0.25) is 14.4 Å². The molecule has 0 saturated carbocycles. The van der Waals surface area contributed by atoms with E-state index in [0.717, 1.165) is 5.56 Å². The highest BCUT2D eigenvalue weighted by atomic mass is 16.3. The molecule has 0 atom stereocenters. The summed E-state index contributed by atoms with van der Waals surface area (Å²) in [5.41, 5.74) is 1.82. The molecule has 0 heterocycles. The summed E-state index contributed by atoms with van der Waals surface area (Å²) in [6.07, 6.45) is 0. The second-order valence-corrected chi connectivity index (χ2v) is 5.19. The van der Waals surface area contributed by atoms with Crippen molar-refractivity contribution in [3.05, 3.63) is 48.0 Å². The van der Waals surface area contributed by atoms with Crippen LogP contribution in [-0.4, -0.2) is 22.8 Å². The van der Waals surface area contributed by atoms with Crippen molar-refractivity contribution in [2.75, 3.05) is 16.0 Å². The quantitative estimate of drug-likeness (QED) is 0.512. The lowest BCUT2D eigenvalue weighted by molar-refractivity contribution is -0.133. The summed E-state index contributed by atoms with van der Waals surface area (Å²) in [5, 5.41) is 17.1. The summed E-state index contributed by atoms with van der Waals surface area (Å²) in [7, 11) is 0. The molecule has 24 heavy (non-hydrogen) atoms. The molecule has 0 fully saturated rings. The highest BCUT2D eigenvalue weighted by Gasteiger charge is 2.16. The molecule has 0 aromatic heterocycles. The number of hydrogen-bond acceptors (Lipinski definition) is 4. The molecule has 0 unspecified atom stereocenters. The number of anilines is 3. The van der Waals surface area contributed by atoms with Gasteiger partial charge in [-0.25, -0.2) is 0 Å². The van der Waals surface area contributed by atoms with Crippen molar-refractivity contribution >= 4 is 34.8 Å². The van der Waals surface area contributed by atoms with Gasteiger partial charge in [0.05, 0.1) is 5.69 Å². The summed E-state index contributed by atoms with van der Waals surface area (Å²) >= 11 is 0. The molecule has 0 bridgehead atoms. The van der Waals surface area contributed by atoms with E-state index >= 15 is 0 Å². The van der Waals surface area contributed by atoms with Crippen LogP contribution in [0.15, 0.2) is 42.5 Å². The van der Waals surface area contributed by atoms with E-state index in [1.165, 1.54) is 25.1 Å². The Labute approximate surface area is 138 Å². The Morgan fingerprint density at radius 1 is 0.875 bits per heavy atom. The number of carbonyl (C=O) groups excluding carboxylic acids is 3. The fourth-order valence-corrected chi connectivity index (χ4v) is 1.99. The van der Waals surface area contributed by atoms with E-state index in [1.54, 1.807) is 31.2 Å². The Balaban J connectivity index is 2.03. The van der Waals surface area contributed by atoms with Crippen molar-refractivity contribution in [1.29, 1.82) is 0 Å². The lowest BCUT2D eigenvalue weighted by atomic mass is 10.2. The third kappa shape index (κ3) is 4.57. The maximum Gasteiger partial charge on any atom is 0.314 e. The molecular formula is C17H17N3O4. The van der Waals surface area contributed by atoms with E-state index in [9.17, 15) is 19.5 Å². The van der Waals surface area contributed by atoms with Crippen LogP contribution in [0.5, 0.6) is 5.75 Å². The maximum absolute atomic E-state index is 11.9. The van der Waals surface area contributed by atoms with Gasteiger partial charge in [0.1, 0.15) is 5.75 Å². The molecule has 0 saturated heterocycles. The van der Waals surface area contributed by atoms with Crippen molar-refractivity contribution < 1.29 is 19.5 Å². The zero-order valence-electron chi connectivity index (χ0n) is 13.2. The molecule has 0 aliphatic carbocycles. The van der Waals surface area contributed by atoms with Crippen LogP contribution >= 0.6 is 0 Å². The molecule has 2 aromatic rings. The highest BCUT2D eigenvalue weighted by molar-refractivity contribution is 6.43. The van der Waals surface area contributed by atoms with Crippen LogP contribution in [0.25, 0.3) is 0 Å². The largest absolute Gasteiger partial charge is 0.506 e. The molecule has 2 aromatic carbocycles. The minimum atomic E-state index is -0.918. The summed E-state index contributed by atoms with van der Waals surface area (Å²) < 4.78 is 0.